The van der Waals surface area contributed by atoms with E-state index in [1.165, 1.54) is 7.11 Å². The van der Waals surface area contributed by atoms with Gasteiger partial charge in [-0.1, -0.05) is 23.7 Å². The predicted octanol–water partition coefficient (Wildman–Crippen LogP) is 2.03. The second-order valence-corrected chi connectivity index (χ2v) is 4.17. The molecule has 1 amide bonds. The van der Waals surface area contributed by atoms with Gasteiger partial charge in [0.1, 0.15) is 6.61 Å². The van der Waals surface area contributed by atoms with Crippen molar-refractivity contribution in [3.05, 3.63) is 34.9 Å². The van der Waals surface area contributed by atoms with Crippen LogP contribution in [0.15, 0.2) is 24.3 Å². The van der Waals surface area contributed by atoms with Crippen LogP contribution in [0.5, 0.6) is 0 Å². The highest BCUT2D eigenvalue weighted by Gasteiger charge is 2.07. The molecule has 0 unspecified atom stereocenters. The zero-order chi connectivity index (χ0) is 12.0. The van der Waals surface area contributed by atoms with Crippen molar-refractivity contribution in [3.8, 4) is 0 Å². The van der Waals surface area contributed by atoms with Gasteiger partial charge in [-0.15, -0.1) is 0 Å². The van der Waals surface area contributed by atoms with Gasteiger partial charge in [0, 0.05) is 18.2 Å². The zero-order valence-corrected chi connectivity index (χ0v) is 10.3. The minimum Gasteiger partial charge on any atom is -0.375 e. The summed E-state index contributed by atoms with van der Waals surface area (Å²) in [6.07, 6.45) is 0.784. The number of hydrogen-bond donors (Lipinski definition) is 1. The third-order valence-electron chi connectivity index (χ3n) is 2.14. The molecule has 0 saturated heterocycles. The van der Waals surface area contributed by atoms with E-state index in [0.717, 1.165) is 17.0 Å². The number of methoxy groups -OCH3 is 1. The molecule has 0 saturated carbocycles. The molecule has 16 heavy (non-hydrogen) atoms. The molecule has 0 aromatic heterocycles. The van der Waals surface area contributed by atoms with E-state index in [-0.39, 0.29) is 18.6 Å². The fraction of sp³-hybridized carbons (Fsp3) is 0.417. The Balaban J connectivity index is 2.42. The van der Waals surface area contributed by atoms with Crippen LogP contribution >= 0.6 is 11.6 Å². The molecule has 0 spiro atoms. The molecule has 88 valence electrons. The number of halogens is 1. The quantitative estimate of drug-likeness (QED) is 0.857. The highest BCUT2D eigenvalue weighted by molar-refractivity contribution is 6.30. The van der Waals surface area contributed by atoms with E-state index < -0.39 is 0 Å². The monoisotopic (exact) mass is 241 g/mol. The van der Waals surface area contributed by atoms with E-state index in [0.29, 0.717) is 0 Å². The van der Waals surface area contributed by atoms with E-state index in [4.69, 9.17) is 16.3 Å². The molecule has 0 radical (unpaired) electrons. The number of ether oxygens (including phenoxy) is 1. The molecule has 1 aromatic carbocycles. The van der Waals surface area contributed by atoms with Crippen LogP contribution in [0.3, 0.4) is 0 Å². The zero-order valence-electron chi connectivity index (χ0n) is 9.50. The normalized spacial score (nSPS) is 12.2. The highest BCUT2D eigenvalue weighted by Crippen LogP contribution is 2.10. The highest BCUT2D eigenvalue weighted by atomic mass is 35.5. The average molecular weight is 242 g/mol. The second kappa shape index (κ2) is 6.51. The third-order valence-corrected chi connectivity index (χ3v) is 2.39. The number of amides is 1. The lowest BCUT2D eigenvalue weighted by Gasteiger charge is -2.13. The molecular weight excluding hydrogens is 226 g/mol. The Bertz CT molecular complexity index is 337. The lowest BCUT2D eigenvalue weighted by atomic mass is 10.1. The summed E-state index contributed by atoms with van der Waals surface area (Å²) in [5, 5.41) is 3.57. The number of carbonyl (C=O) groups excluding carboxylic acids is 1. The van der Waals surface area contributed by atoms with Gasteiger partial charge in [0.2, 0.25) is 5.91 Å². The molecule has 0 bridgehead atoms. The standard InChI is InChI=1S/C12H16ClNO2/c1-9(14-12(15)8-16-2)7-10-3-5-11(13)6-4-10/h3-6,9H,7-8H2,1-2H3,(H,14,15)/t9-/m1/s1. The van der Waals surface area contributed by atoms with Crippen molar-refractivity contribution < 1.29 is 9.53 Å². The van der Waals surface area contributed by atoms with Crippen LogP contribution in [0.25, 0.3) is 0 Å². The lowest BCUT2D eigenvalue weighted by molar-refractivity contribution is -0.125. The smallest absolute Gasteiger partial charge is 0.246 e. The van der Waals surface area contributed by atoms with Gasteiger partial charge in [0.25, 0.3) is 0 Å². The van der Waals surface area contributed by atoms with Crippen LogP contribution in [-0.4, -0.2) is 25.7 Å². The summed E-state index contributed by atoms with van der Waals surface area (Å²) in [7, 11) is 1.50. The largest absolute Gasteiger partial charge is 0.375 e. The molecule has 1 aromatic rings. The number of rotatable bonds is 5. The third kappa shape index (κ3) is 4.64. The van der Waals surface area contributed by atoms with Crippen LogP contribution < -0.4 is 5.32 Å². The van der Waals surface area contributed by atoms with Gasteiger partial charge in [-0.25, -0.2) is 0 Å². The second-order valence-electron chi connectivity index (χ2n) is 3.73. The first-order valence-electron chi connectivity index (χ1n) is 5.14. The maximum atomic E-state index is 11.2. The molecule has 4 heteroatoms. The van der Waals surface area contributed by atoms with Crippen LogP contribution in [0.2, 0.25) is 5.02 Å². The summed E-state index contributed by atoms with van der Waals surface area (Å²) >= 11 is 5.79. The molecule has 1 atom stereocenters. The topological polar surface area (TPSA) is 38.3 Å². The first-order valence-corrected chi connectivity index (χ1v) is 5.52. The number of nitrogens with one attached hydrogen (secondary N) is 1. The van der Waals surface area contributed by atoms with Gasteiger partial charge < -0.3 is 10.1 Å². The first-order chi connectivity index (χ1) is 7.61. The average Bonchev–Trinajstić information content (AvgIpc) is 2.21. The summed E-state index contributed by atoms with van der Waals surface area (Å²) < 4.78 is 4.74. The summed E-state index contributed by atoms with van der Waals surface area (Å²) in [5.74, 6) is -0.0936. The fourth-order valence-corrected chi connectivity index (χ4v) is 1.60. The Morgan fingerprint density at radius 3 is 2.62 bits per heavy atom. The summed E-state index contributed by atoms with van der Waals surface area (Å²) in [6, 6.07) is 7.70. The van der Waals surface area contributed by atoms with Crippen LogP contribution in [0.1, 0.15) is 12.5 Å². The number of benzene rings is 1. The molecule has 0 aliphatic carbocycles. The minimum atomic E-state index is -0.0936. The van der Waals surface area contributed by atoms with E-state index in [1.54, 1.807) is 0 Å². The Hall–Kier alpha value is -1.06. The molecule has 0 aliphatic rings. The van der Waals surface area contributed by atoms with Crippen molar-refractivity contribution in [2.24, 2.45) is 0 Å². The minimum absolute atomic E-state index is 0.0869. The summed E-state index contributed by atoms with van der Waals surface area (Å²) in [5.41, 5.74) is 1.15. The van der Waals surface area contributed by atoms with Crippen LogP contribution in [0, 0.1) is 0 Å². The van der Waals surface area contributed by atoms with Crippen LogP contribution in [-0.2, 0) is 16.0 Å². The van der Waals surface area contributed by atoms with E-state index in [2.05, 4.69) is 5.32 Å². The SMILES string of the molecule is COCC(=O)N[C@H](C)Cc1ccc(Cl)cc1. The van der Waals surface area contributed by atoms with E-state index in [1.807, 2.05) is 31.2 Å². The molecule has 0 aliphatic heterocycles. The van der Waals surface area contributed by atoms with Gasteiger partial charge in [0.05, 0.1) is 0 Å². The van der Waals surface area contributed by atoms with Gasteiger partial charge in [-0.3, -0.25) is 4.79 Å². The first kappa shape index (κ1) is 13.0. The van der Waals surface area contributed by atoms with Crippen molar-refractivity contribution in [1.29, 1.82) is 0 Å². The van der Waals surface area contributed by atoms with Gasteiger partial charge in [0.15, 0.2) is 0 Å². The predicted molar refractivity (Wildman–Crippen MR) is 64.6 cm³/mol. The van der Waals surface area contributed by atoms with Crippen LogP contribution in [0.4, 0.5) is 0 Å². The van der Waals surface area contributed by atoms with Crippen molar-refractivity contribution in [2.75, 3.05) is 13.7 Å². The number of carbonyl (C=O) groups is 1. The van der Waals surface area contributed by atoms with E-state index in [9.17, 15) is 4.79 Å². The lowest BCUT2D eigenvalue weighted by Crippen LogP contribution is -2.36. The van der Waals surface area contributed by atoms with Crippen molar-refractivity contribution >= 4 is 17.5 Å². The maximum absolute atomic E-state index is 11.2. The van der Waals surface area contributed by atoms with E-state index >= 15 is 0 Å². The van der Waals surface area contributed by atoms with Crippen molar-refractivity contribution in [3.63, 3.8) is 0 Å². The molecule has 3 nitrogen and oxygen atoms in total. The fourth-order valence-electron chi connectivity index (χ4n) is 1.47. The Labute approximate surface area is 101 Å². The maximum Gasteiger partial charge on any atom is 0.246 e. The molecule has 0 fully saturated rings. The van der Waals surface area contributed by atoms with Gasteiger partial charge in [-0.05, 0) is 31.0 Å². The summed E-state index contributed by atoms with van der Waals surface area (Å²) in [6.45, 7) is 2.06. The Morgan fingerprint density at radius 1 is 1.44 bits per heavy atom. The Kier molecular flexibility index (Phi) is 5.29. The van der Waals surface area contributed by atoms with Crippen molar-refractivity contribution in [2.45, 2.75) is 19.4 Å². The molecular formula is C12H16ClNO2. The molecule has 1 N–H and O–H groups in total. The molecule has 0 heterocycles. The summed E-state index contributed by atoms with van der Waals surface area (Å²) in [4.78, 5) is 11.2. The Morgan fingerprint density at radius 2 is 2.06 bits per heavy atom. The van der Waals surface area contributed by atoms with Gasteiger partial charge in [-0.2, -0.15) is 0 Å². The van der Waals surface area contributed by atoms with Crippen molar-refractivity contribution in [1.82, 2.24) is 5.32 Å². The van der Waals surface area contributed by atoms with Gasteiger partial charge >= 0.3 is 0 Å². The number of hydrogen-bond acceptors (Lipinski definition) is 2. The molecule has 1 rings (SSSR count).